The van der Waals surface area contributed by atoms with E-state index in [4.69, 9.17) is 9.47 Å². The summed E-state index contributed by atoms with van der Waals surface area (Å²) in [6, 6.07) is 0. The Balaban J connectivity index is 1.14. The van der Waals surface area contributed by atoms with Crippen LogP contribution in [-0.4, -0.2) is 48.4 Å². The summed E-state index contributed by atoms with van der Waals surface area (Å²) in [4.78, 5) is 35.6. The van der Waals surface area contributed by atoms with E-state index in [2.05, 4.69) is 18.6 Å². The number of ether oxygens (including phenoxy) is 3. The molecule has 0 saturated heterocycles. The number of methoxy groups -OCH3 is 1. The standard InChI is InChI=1S/C32H48O7/c1-30-15-12-23(39-28(34)9-7-5-4-6-8-27(33)37-3)19-22(30)10-11-26-25(30)13-16-31(2)24(14-17-32(26,31)36)21-18-29(35)38-20-21/h18,22-26,36H,4-17,19-20H2,1-3H3/t22-,23+,24-,25+,26-,30+,31-,32+/m1/s1. The third-order valence-corrected chi connectivity index (χ3v) is 12.0. The van der Waals surface area contributed by atoms with E-state index in [9.17, 15) is 19.5 Å². The summed E-state index contributed by atoms with van der Waals surface area (Å²) in [5, 5.41) is 12.4. The third-order valence-electron chi connectivity index (χ3n) is 12.0. The fourth-order valence-corrected chi connectivity index (χ4v) is 9.72. The van der Waals surface area contributed by atoms with Crippen molar-refractivity contribution < 1.29 is 33.7 Å². The van der Waals surface area contributed by atoms with Crippen LogP contribution in [-0.2, 0) is 28.6 Å². The van der Waals surface area contributed by atoms with Gasteiger partial charge in [0.05, 0.1) is 12.7 Å². The Morgan fingerprint density at radius 2 is 1.69 bits per heavy atom. The van der Waals surface area contributed by atoms with Gasteiger partial charge in [-0.25, -0.2) is 4.79 Å². The Kier molecular flexibility index (Phi) is 8.21. The second kappa shape index (κ2) is 11.2. The van der Waals surface area contributed by atoms with Gasteiger partial charge in [0, 0.05) is 24.3 Å². The normalized spacial score (nSPS) is 41.1. The minimum absolute atomic E-state index is 0.00564. The molecule has 1 aliphatic heterocycles. The van der Waals surface area contributed by atoms with Gasteiger partial charge in [-0.2, -0.15) is 0 Å². The van der Waals surface area contributed by atoms with Crippen molar-refractivity contribution in [1.82, 2.24) is 0 Å². The van der Waals surface area contributed by atoms with Crippen molar-refractivity contribution in [3.63, 3.8) is 0 Å². The Labute approximate surface area is 233 Å². The van der Waals surface area contributed by atoms with Crippen LogP contribution in [0.2, 0.25) is 0 Å². The maximum Gasteiger partial charge on any atom is 0.331 e. The second-order valence-electron chi connectivity index (χ2n) is 13.7. The number of unbranched alkanes of at least 4 members (excludes halogenated alkanes) is 3. The number of carbonyl (C=O) groups is 3. The predicted molar refractivity (Wildman–Crippen MR) is 145 cm³/mol. The van der Waals surface area contributed by atoms with Gasteiger partial charge < -0.3 is 19.3 Å². The van der Waals surface area contributed by atoms with E-state index in [0.29, 0.717) is 37.2 Å². The van der Waals surface area contributed by atoms with Gasteiger partial charge in [0.2, 0.25) is 0 Å². The highest BCUT2D eigenvalue weighted by atomic mass is 16.5. The molecule has 4 aliphatic carbocycles. The van der Waals surface area contributed by atoms with Gasteiger partial charge in [0.1, 0.15) is 12.7 Å². The summed E-state index contributed by atoms with van der Waals surface area (Å²) in [6.07, 6.45) is 14.9. The first-order valence-electron chi connectivity index (χ1n) is 15.5. The van der Waals surface area contributed by atoms with Gasteiger partial charge in [-0.15, -0.1) is 0 Å². The fourth-order valence-electron chi connectivity index (χ4n) is 9.72. The van der Waals surface area contributed by atoms with E-state index in [-0.39, 0.29) is 40.8 Å². The van der Waals surface area contributed by atoms with Crippen LogP contribution >= 0.6 is 0 Å². The maximum absolute atomic E-state index is 12.6. The summed E-state index contributed by atoms with van der Waals surface area (Å²) in [6.45, 7) is 5.11. The van der Waals surface area contributed by atoms with Crippen LogP contribution in [0.3, 0.4) is 0 Å². The fraction of sp³-hybridized carbons (Fsp3) is 0.844. The molecule has 1 heterocycles. The number of carbonyl (C=O) groups excluding carboxylic acids is 3. The van der Waals surface area contributed by atoms with Crippen molar-refractivity contribution in [2.24, 2.45) is 34.5 Å². The van der Waals surface area contributed by atoms with Crippen LogP contribution in [0.25, 0.3) is 0 Å². The van der Waals surface area contributed by atoms with E-state index in [0.717, 1.165) is 89.0 Å². The molecule has 4 saturated carbocycles. The predicted octanol–water partition coefficient (Wildman–Crippen LogP) is 5.67. The highest BCUT2D eigenvalue weighted by molar-refractivity contribution is 5.85. The smallest absolute Gasteiger partial charge is 0.331 e. The first-order valence-corrected chi connectivity index (χ1v) is 15.5. The highest BCUT2D eigenvalue weighted by Gasteiger charge is 2.67. The van der Waals surface area contributed by atoms with Crippen molar-refractivity contribution in [1.29, 1.82) is 0 Å². The molecule has 5 rings (SSSR count). The van der Waals surface area contributed by atoms with Crippen molar-refractivity contribution in [2.45, 2.75) is 122 Å². The van der Waals surface area contributed by atoms with Gasteiger partial charge in [-0.1, -0.05) is 26.7 Å². The lowest BCUT2D eigenvalue weighted by atomic mass is 9.43. The molecule has 4 fully saturated rings. The minimum Gasteiger partial charge on any atom is -0.469 e. The quantitative estimate of drug-likeness (QED) is 0.227. The zero-order valence-electron chi connectivity index (χ0n) is 24.2. The molecule has 39 heavy (non-hydrogen) atoms. The largest absolute Gasteiger partial charge is 0.469 e. The van der Waals surface area contributed by atoms with Crippen LogP contribution in [0.5, 0.6) is 0 Å². The number of esters is 3. The molecule has 0 aromatic rings. The molecule has 0 aromatic carbocycles. The van der Waals surface area contributed by atoms with Crippen LogP contribution < -0.4 is 0 Å². The van der Waals surface area contributed by atoms with Gasteiger partial charge in [-0.05, 0) is 105 Å². The Morgan fingerprint density at radius 3 is 2.38 bits per heavy atom. The number of rotatable bonds is 9. The van der Waals surface area contributed by atoms with Crippen molar-refractivity contribution in [3.05, 3.63) is 11.6 Å². The lowest BCUT2D eigenvalue weighted by Gasteiger charge is -2.63. The van der Waals surface area contributed by atoms with E-state index in [1.165, 1.54) is 7.11 Å². The zero-order chi connectivity index (χ0) is 27.8. The molecule has 0 aromatic heterocycles. The molecular weight excluding hydrogens is 496 g/mol. The molecule has 7 nitrogen and oxygen atoms in total. The molecule has 1 N–H and O–H groups in total. The highest BCUT2D eigenvalue weighted by Crippen LogP contribution is 2.70. The van der Waals surface area contributed by atoms with E-state index >= 15 is 0 Å². The number of aliphatic hydroxyl groups is 1. The van der Waals surface area contributed by atoms with Gasteiger partial charge >= 0.3 is 17.9 Å². The van der Waals surface area contributed by atoms with Gasteiger partial charge in [0.25, 0.3) is 0 Å². The summed E-state index contributed by atoms with van der Waals surface area (Å²) in [5.41, 5.74) is 0.358. The SMILES string of the molecule is COC(=O)CCCCCCC(=O)O[C@H]1CC[C@@]2(C)[C@H](CC[C@@H]3[C@@H]2CC[C@]2(C)[C@@H](C4=CC(=O)OC4)CC[C@]32O)C1. The molecule has 218 valence electrons. The number of cyclic esters (lactones) is 1. The summed E-state index contributed by atoms with van der Waals surface area (Å²) < 4.78 is 15.9. The Bertz CT molecular complexity index is 989. The van der Waals surface area contributed by atoms with E-state index in [1.54, 1.807) is 6.08 Å². The topological polar surface area (TPSA) is 99.1 Å². The maximum atomic E-state index is 12.6. The lowest BCUT2D eigenvalue weighted by molar-refractivity contribution is -0.210. The van der Waals surface area contributed by atoms with Gasteiger partial charge in [-0.3, -0.25) is 9.59 Å². The summed E-state index contributed by atoms with van der Waals surface area (Å²) >= 11 is 0. The van der Waals surface area contributed by atoms with Crippen molar-refractivity contribution >= 4 is 17.9 Å². The summed E-state index contributed by atoms with van der Waals surface area (Å²) in [5.74, 6) is 1.03. The molecule has 0 radical (unpaired) electrons. The van der Waals surface area contributed by atoms with Crippen molar-refractivity contribution in [3.8, 4) is 0 Å². The molecule has 0 bridgehead atoms. The monoisotopic (exact) mass is 544 g/mol. The average molecular weight is 545 g/mol. The zero-order valence-corrected chi connectivity index (χ0v) is 24.2. The van der Waals surface area contributed by atoms with E-state index in [1.807, 2.05) is 0 Å². The van der Waals surface area contributed by atoms with Gasteiger partial charge in [0.15, 0.2) is 0 Å². The molecule has 7 heteroatoms. The number of fused-ring (bicyclic) bond motifs is 5. The van der Waals surface area contributed by atoms with Crippen molar-refractivity contribution in [2.75, 3.05) is 13.7 Å². The number of hydrogen-bond donors (Lipinski definition) is 1. The average Bonchev–Trinajstić information content (AvgIpc) is 3.45. The third kappa shape index (κ3) is 5.17. The van der Waals surface area contributed by atoms with Crippen LogP contribution in [0.1, 0.15) is 110 Å². The van der Waals surface area contributed by atoms with Crippen LogP contribution in [0.4, 0.5) is 0 Å². The number of hydrogen-bond acceptors (Lipinski definition) is 7. The molecule has 0 spiro atoms. The van der Waals surface area contributed by atoms with Crippen LogP contribution in [0.15, 0.2) is 11.6 Å². The first-order chi connectivity index (χ1) is 18.6. The lowest BCUT2D eigenvalue weighted by Crippen LogP contribution is -2.62. The Morgan fingerprint density at radius 1 is 0.949 bits per heavy atom. The molecule has 0 amide bonds. The molecule has 5 aliphatic rings. The first kappa shape index (κ1) is 28.6. The van der Waals surface area contributed by atoms with E-state index < -0.39 is 5.60 Å². The second-order valence-corrected chi connectivity index (χ2v) is 13.7. The molecular formula is C32H48O7. The molecule has 8 atom stereocenters. The minimum atomic E-state index is -0.693. The molecule has 0 unspecified atom stereocenters. The Hall–Kier alpha value is -1.89. The summed E-state index contributed by atoms with van der Waals surface area (Å²) in [7, 11) is 1.41. The van der Waals surface area contributed by atoms with Crippen LogP contribution in [0, 0.1) is 34.5 Å².